The molecule has 0 aliphatic heterocycles. The average Bonchev–Trinajstić information content (AvgIpc) is 2.58. The second-order valence-corrected chi connectivity index (χ2v) is 5.83. The van der Waals surface area contributed by atoms with E-state index < -0.39 is 0 Å². The van der Waals surface area contributed by atoms with Gasteiger partial charge in [0.2, 0.25) is 0 Å². The molecule has 0 aliphatic rings. The Morgan fingerprint density at radius 1 is 1.12 bits per heavy atom. The topological polar surface area (TPSA) is 84.1 Å². The number of hydrogen-bond donors (Lipinski definition) is 3. The third kappa shape index (κ3) is 3.32. The summed E-state index contributed by atoms with van der Waals surface area (Å²) in [4.78, 5) is 8.29. The molecule has 0 spiro atoms. The molecule has 24 heavy (non-hydrogen) atoms. The maximum absolute atomic E-state index is 10.5. The predicted molar refractivity (Wildman–Crippen MR) is 96.5 cm³/mol. The van der Waals surface area contributed by atoms with Crippen LogP contribution < -0.4 is 11.1 Å². The largest absolute Gasteiger partial charge is 0.503 e. The van der Waals surface area contributed by atoms with Gasteiger partial charge in [0.05, 0.1) is 0 Å². The number of benzene rings is 2. The van der Waals surface area contributed by atoms with Gasteiger partial charge in [0.25, 0.3) is 0 Å². The van der Waals surface area contributed by atoms with Crippen LogP contribution in [0.5, 0.6) is 5.75 Å². The molecule has 3 rings (SSSR count). The highest BCUT2D eigenvalue weighted by atomic mass is 35.5. The fourth-order valence-corrected chi connectivity index (χ4v) is 2.58. The van der Waals surface area contributed by atoms with Gasteiger partial charge in [-0.1, -0.05) is 47.5 Å². The number of aryl methyl sites for hydroxylation is 1. The van der Waals surface area contributed by atoms with Crippen molar-refractivity contribution in [3.8, 4) is 17.0 Å². The molecule has 4 N–H and O–H groups in total. The van der Waals surface area contributed by atoms with Crippen LogP contribution in [0.1, 0.15) is 11.1 Å². The molecule has 2 aromatic carbocycles. The first-order valence-corrected chi connectivity index (χ1v) is 7.83. The average molecular weight is 341 g/mol. The summed E-state index contributed by atoms with van der Waals surface area (Å²) in [5, 5.41) is 14.1. The lowest BCUT2D eigenvalue weighted by molar-refractivity contribution is 0.475. The third-order valence-electron chi connectivity index (χ3n) is 3.68. The Labute approximate surface area is 145 Å². The van der Waals surface area contributed by atoms with Crippen LogP contribution in [0.25, 0.3) is 11.3 Å². The SMILES string of the molecule is Cc1ccc(-c2ncnc(Nc3ccc(CN)c(Cl)c3)c2O)cc1. The summed E-state index contributed by atoms with van der Waals surface area (Å²) in [5.41, 5.74) is 9.60. The predicted octanol–water partition coefficient (Wildman–Crippen LogP) is 4.01. The number of halogens is 1. The summed E-state index contributed by atoms with van der Waals surface area (Å²) in [6.07, 6.45) is 1.41. The Morgan fingerprint density at radius 3 is 2.54 bits per heavy atom. The van der Waals surface area contributed by atoms with Crippen molar-refractivity contribution in [1.29, 1.82) is 0 Å². The zero-order chi connectivity index (χ0) is 17.1. The molecule has 0 unspecified atom stereocenters. The number of anilines is 2. The second-order valence-electron chi connectivity index (χ2n) is 5.42. The molecule has 0 bridgehead atoms. The molecule has 3 aromatic rings. The number of nitrogens with one attached hydrogen (secondary N) is 1. The number of aromatic hydroxyl groups is 1. The zero-order valence-corrected chi connectivity index (χ0v) is 13.9. The Hall–Kier alpha value is -2.63. The Kier molecular flexibility index (Phi) is 4.64. The Balaban J connectivity index is 1.93. The molecule has 0 fully saturated rings. The molecule has 1 heterocycles. The summed E-state index contributed by atoms with van der Waals surface area (Å²) in [6.45, 7) is 2.38. The van der Waals surface area contributed by atoms with Gasteiger partial charge >= 0.3 is 0 Å². The van der Waals surface area contributed by atoms with E-state index in [-0.39, 0.29) is 5.75 Å². The van der Waals surface area contributed by atoms with Crippen LogP contribution >= 0.6 is 11.6 Å². The van der Waals surface area contributed by atoms with Crippen molar-refractivity contribution >= 4 is 23.1 Å². The Bertz CT molecular complexity index is 865. The molecule has 1 aromatic heterocycles. The summed E-state index contributed by atoms with van der Waals surface area (Å²) >= 11 is 6.16. The van der Waals surface area contributed by atoms with E-state index in [9.17, 15) is 5.11 Å². The summed E-state index contributed by atoms with van der Waals surface area (Å²) in [7, 11) is 0. The highest BCUT2D eigenvalue weighted by molar-refractivity contribution is 6.31. The fourth-order valence-electron chi connectivity index (χ4n) is 2.32. The van der Waals surface area contributed by atoms with E-state index >= 15 is 0 Å². The van der Waals surface area contributed by atoms with E-state index in [1.807, 2.05) is 43.3 Å². The quantitative estimate of drug-likeness (QED) is 0.668. The molecule has 5 nitrogen and oxygen atoms in total. The molecule has 0 aliphatic carbocycles. The van der Waals surface area contributed by atoms with Gasteiger partial charge in [-0.25, -0.2) is 9.97 Å². The smallest absolute Gasteiger partial charge is 0.185 e. The minimum Gasteiger partial charge on any atom is -0.503 e. The summed E-state index contributed by atoms with van der Waals surface area (Å²) in [6, 6.07) is 13.2. The molecule has 0 atom stereocenters. The molecule has 6 heteroatoms. The van der Waals surface area contributed by atoms with Crippen LogP contribution in [0, 0.1) is 6.92 Å². The van der Waals surface area contributed by atoms with Crippen molar-refractivity contribution in [1.82, 2.24) is 9.97 Å². The zero-order valence-electron chi connectivity index (χ0n) is 13.1. The molecule has 0 saturated carbocycles. The van der Waals surface area contributed by atoms with Crippen molar-refractivity contribution in [3.05, 3.63) is 64.9 Å². The minimum absolute atomic E-state index is 0.0135. The molecule has 0 radical (unpaired) electrons. The highest BCUT2D eigenvalue weighted by Gasteiger charge is 2.12. The van der Waals surface area contributed by atoms with Crippen LogP contribution in [-0.4, -0.2) is 15.1 Å². The van der Waals surface area contributed by atoms with Gasteiger partial charge in [0.15, 0.2) is 11.6 Å². The van der Waals surface area contributed by atoms with Gasteiger partial charge in [0.1, 0.15) is 12.0 Å². The number of rotatable bonds is 4. The van der Waals surface area contributed by atoms with E-state index in [1.165, 1.54) is 6.33 Å². The number of aromatic nitrogens is 2. The first-order chi connectivity index (χ1) is 11.6. The van der Waals surface area contributed by atoms with Crippen LogP contribution in [-0.2, 0) is 6.54 Å². The van der Waals surface area contributed by atoms with Gasteiger partial charge in [0, 0.05) is 22.8 Å². The lowest BCUT2D eigenvalue weighted by atomic mass is 10.1. The lowest BCUT2D eigenvalue weighted by Crippen LogP contribution is -2.00. The van der Waals surface area contributed by atoms with Crippen LogP contribution in [0.3, 0.4) is 0 Å². The van der Waals surface area contributed by atoms with Crippen molar-refractivity contribution in [3.63, 3.8) is 0 Å². The normalized spacial score (nSPS) is 10.6. The van der Waals surface area contributed by atoms with Crippen molar-refractivity contribution in [2.45, 2.75) is 13.5 Å². The number of nitrogens with zero attached hydrogens (tertiary/aromatic N) is 2. The van der Waals surface area contributed by atoms with Crippen LogP contribution in [0.4, 0.5) is 11.5 Å². The maximum Gasteiger partial charge on any atom is 0.185 e. The monoisotopic (exact) mass is 340 g/mol. The van der Waals surface area contributed by atoms with E-state index in [2.05, 4.69) is 15.3 Å². The van der Waals surface area contributed by atoms with Gasteiger partial charge in [-0.15, -0.1) is 0 Å². The van der Waals surface area contributed by atoms with Crippen molar-refractivity contribution < 1.29 is 5.11 Å². The number of hydrogen-bond acceptors (Lipinski definition) is 5. The maximum atomic E-state index is 10.5. The van der Waals surface area contributed by atoms with Gasteiger partial charge in [-0.05, 0) is 24.6 Å². The van der Waals surface area contributed by atoms with E-state index in [0.29, 0.717) is 28.8 Å². The molecule has 0 saturated heterocycles. The van der Waals surface area contributed by atoms with E-state index in [0.717, 1.165) is 16.7 Å². The molecular weight excluding hydrogens is 324 g/mol. The summed E-state index contributed by atoms with van der Waals surface area (Å²) < 4.78 is 0. The standard InChI is InChI=1S/C18H17ClN4O/c1-11-2-4-12(5-3-11)16-17(24)18(22-10-21-16)23-14-7-6-13(9-20)15(19)8-14/h2-8,10,24H,9,20H2,1H3,(H,21,22,23). The molecule has 0 amide bonds. The summed E-state index contributed by atoms with van der Waals surface area (Å²) in [5.74, 6) is 0.303. The molecule has 122 valence electrons. The van der Waals surface area contributed by atoms with E-state index in [1.54, 1.807) is 6.07 Å². The fraction of sp³-hybridized carbons (Fsp3) is 0.111. The first kappa shape index (κ1) is 16.2. The number of nitrogens with two attached hydrogens (primary N) is 1. The van der Waals surface area contributed by atoms with Gasteiger partial charge in [-0.3, -0.25) is 0 Å². The van der Waals surface area contributed by atoms with Gasteiger partial charge < -0.3 is 16.2 Å². The van der Waals surface area contributed by atoms with Crippen molar-refractivity contribution in [2.24, 2.45) is 5.73 Å². The lowest BCUT2D eigenvalue weighted by Gasteiger charge is -2.11. The Morgan fingerprint density at radius 2 is 1.88 bits per heavy atom. The highest BCUT2D eigenvalue weighted by Crippen LogP contribution is 2.34. The molecular formula is C18H17ClN4O. The van der Waals surface area contributed by atoms with Crippen LogP contribution in [0.15, 0.2) is 48.8 Å². The first-order valence-electron chi connectivity index (χ1n) is 7.45. The second kappa shape index (κ2) is 6.86. The van der Waals surface area contributed by atoms with E-state index in [4.69, 9.17) is 17.3 Å². The minimum atomic E-state index is -0.0135. The van der Waals surface area contributed by atoms with Gasteiger partial charge in [-0.2, -0.15) is 0 Å². The van der Waals surface area contributed by atoms with Crippen LogP contribution in [0.2, 0.25) is 5.02 Å². The van der Waals surface area contributed by atoms with Crippen molar-refractivity contribution in [2.75, 3.05) is 5.32 Å². The third-order valence-corrected chi connectivity index (χ3v) is 4.03.